The van der Waals surface area contributed by atoms with Crippen LogP contribution in [0.1, 0.15) is 34.1 Å². The van der Waals surface area contributed by atoms with Gasteiger partial charge in [0.25, 0.3) is 0 Å². The SMILES string of the molecule is CCN1CCC(CNC(=O)CNC(C)(C)C)C1. The Kier molecular flexibility index (Phi) is 5.40. The Hall–Kier alpha value is -0.610. The van der Waals surface area contributed by atoms with Crippen molar-refractivity contribution in [1.82, 2.24) is 15.5 Å². The second kappa shape index (κ2) is 6.36. The molecule has 1 aliphatic rings. The summed E-state index contributed by atoms with van der Waals surface area (Å²) in [6.45, 7) is 13.0. The van der Waals surface area contributed by atoms with Gasteiger partial charge < -0.3 is 15.5 Å². The zero-order chi connectivity index (χ0) is 12.9. The number of amides is 1. The van der Waals surface area contributed by atoms with Crippen LogP contribution in [0, 0.1) is 5.92 Å². The lowest BCUT2D eigenvalue weighted by molar-refractivity contribution is -0.120. The summed E-state index contributed by atoms with van der Waals surface area (Å²) in [4.78, 5) is 14.0. The van der Waals surface area contributed by atoms with Gasteiger partial charge in [0.15, 0.2) is 0 Å². The molecule has 4 heteroatoms. The third-order valence-corrected chi connectivity index (χ3v) is 3.18. The number of nitrogens with one attached hydrogen (secondary N) is 2. The van der Waals surface area contributed by atoms with Crippen LogP contribution in [-0.2, 0) is 4.79 Å². The quantitative estimate of drug-likeness (QED) is 0.749. The Morgan fingerprint density at radius 2 is 2.12 bits per heavy atom. The van der Waals surface area contributed by atoms with Gasteiger partial charge in [0.05, 0.1) is 6.54 Å². The maximum absolute atomic E-state index is 11.6. The smallest absolute Gasteiger partial charge is 0.233 e. The predicted molar refractivity (Wildman–Crippen MR) is 71.0 cm³/mol. The van der Waals surface area contributed by atoms with E-state index in [2.05, 4.69) is 43.2 Å². The fourth-order valence-electron chi connectivity index (χ4n) is 2.03. The summed E-state index contributed by atoms with van der Waals surface area (Å²) in [7, 11) is 0. The topological polar surface area (TPSA) is 44.4 Å². The van der Waals surface area contributed by atoms with Gasteiger partial charge >= 0.3 is 0 Å². The van der Waals surface area contributed by atoms with E-state index in [9.17, 15) is 4.79 Å². The van der Waals surface area contributed by atoms with Crippen LogP contribution in [0.4, 0.5) is 0 Å². The van der Waals surface area contributed by atoms with Crippen LogP contribution < -0.4 is 10.6 Å². The Balaban J connectivity index is 2.12. The summed E-state index contributed by atoms with van der Waals surface area (Å²) in [6.07, 6.45) is 1.21. The van der Waals surface area contributed by atoms with Crippen molar-refractivity contribution in [2.45, 2.75) is 39.7 Å². The summed E-state index contributed by atoms with van der Waals surface area (Å²) in [5.74, 6) is 0.739. The van der Waals surface area contributed by atoms with Crippen molar-refractivity contribution < 1.29 is 4.79 Å². The van der Waals surface area contributed by atoms with Gasteiger partial charge in [0.2, 0.25) is 5.91 Å². The molecular formula is C13H27N3O. The van der Waals surface area contributed by atoms with Crippen LogP contribution in [0.3, 0.4) is 0 Å². The fraction of sp³-hybridized carbons (Fsp3) is 0.923. The highest BCUT2D eigenvalue weighted by Gasteiger charge is 2.21. The van der Waals surface area contributed by atoms with Crippen molar-refractivity contribution >= 4 is 5.91 Å². The van der Waals surface area contributed by atoms with E-state index in [0.717, 1.165) is 19.6 Å². The van der Waals surface area contributed by atoms with E-state index in [-0.39, 0.29) is 11.4 Å². The highest BCUT2D eigenvalue weighted by molar-refractivity contribution is 5.78. The van der Waals surface area contributed by atoms with E-state index in [1.807, 2.05) is 0 Å². The number of rotatable bonds is 5. The van der Waals surface area contributed by atoms with E-state index in [1.54, 1.807) is 0 Å². The predicted octanol–water partition coefficient (Wildman–Crippen LogP) is 0.833. The normalized spacial score (nSPS) is 21.8. The van der Waals surface area contributed by atoms with Crippen molar-refractivity contribution in [2.75, 3.05) is 32.7 Å². The Morgan fingerprint density at radius 3 is 2.65 bits per heavy atom. The van der Waals surface area contributed by atoms with Crippen LogP contribution in [-0.4, -0.2) is 49.1 Å². The van der Waals surface area contributed by atoms with Gasteiger partial charge in [-0.3, -0.25) is 4.79 Å². The lowest BCUT2D eigenvalue weighted by atomic mass is 10.1. The zero-order valence-electron chi connectivity index (χ0n) is 11.7. The molecule has 1 rings (SSSR count). The summed E-state index contributed by atoms with van der Waals surface area (Å²) in [5.41, 5.74) is 0.00368. The lowest BCUT2D eigenvalue weighted by Crippen LogP contribution is -2.44. The summed E-state index contributed by atoms with van der Waals surface area (Å²) >= 11 is 0. The van der Waals surface area contributed by atoms with Gasteiger partial charge in [-0.1, -0.05) is 6.92 Å². The van der Waals surface area contributed by atoms with Gasteiger partial charge in [0, 0.05) is 18.6 Å². The first-order chi connectivity index (χ1) is 7.90. The van der Waals surface area contributed by atoms with Crippen molar-refractivity contribution in [3.8, 4) is 0 Å². The largest absolute Gasteiger partial charge is 0.355 e. The van der Waals surface area contributed by atoms with Crippen molar-refractivity contribution in [2.24, 2.45) is 5.92 Å². The Morgan fingerprint density at radius 1 is 1.41 bits per heavy atom. The highest BCUT2D eigenvalue weighted by Crippen LogP contribution is 2.14. The third-order valence-electron chi connectivity index (χ3n) is 3.18. The van der Waals surface area contributed by atoms with E-state index >= 15 is 0 Å². The van der Waals surface area contributed by atoms with Crippen molar-refractivity contribution in [3.63, 3.8) is 0 Å². The van der Waals surface area contributed by atoms with Gasteiger partial charge in [-0.25, -0.2) is 0 Å². The molecule has 0 saturated carbocycles. The molecule has 1 heterocycles. The minimum Gasteiger partial charge on any atom is -0.355 e. The van der Waals surface area contributed by atoms with Gasteiger partial charge in [-0.05, 0) is 46.2 Å². The maximum atomic E-state index is 11.6. The van der Waals surface area contributed by atoms with E-state index in [4.69, 9.17) is 0 Å². The molecule has 4 nitrogen and oxygen atoms in total. The molecule has 0 radical (unpaired) electrons. The minimum atomic E-state index is 0.00368. The first kappa shape index (κ1) is 14.5. The molecule has 0 spiro atoms. The number of nitrogens with zero attached hydrogens (tertiary/aromatic N) is 1. The number of hydrogen-bond donors (Lipinski definition) is 2. The molecule has 0 aromatic rings. The molecule has 0 aliphatic carbocycles. The molecule has 1 atom stereocenters. The molecule has 2 N–H and O–H groups in total. The molecule has 0 bridgehead atoms. The molecule has 1 amide bonds. The van der Waals surface area contributed by atoms with Crippen molar-refractivity contribution in [1.29, 1.82) is 0 Å². The first-order valence-corrected chi connectivity index (χ1v) is 6.65. The van der Waals surface area contributed by atoms with Crippen LogP contribution in [0.5, 0.6) is 0 Å². The monoisotopic (exact) mass is 241 g/mol. The molecule has 1 unspecified atom stereocenters. The first-order valence-electron chi connectivity index (χ1n) is 6.65. The molecule has 1 fully saturated rings. The molecule has 0 aromatic heterocycles. The van der Waals surface area contributed by atoms with E-state index < -0.39 is 0 Å². The van der Waals surface area contributed by atoms with Crippen LogP contribution in [0.15, 0.2) is 0 Å². The van der Waals surface area contributed by atoms with E-state index in [1.165, 1.54) is 13.0 Å². The molecule has 100 valence electrons. The van der Waals surface area contributed by atoms with Crippen molar-refractivity contribution in [3.05, 3.63) is 0 Å². The molecule has 1 aliphatic heterocycles. The number of likely N-dealkylation sites (tertiary alicyclic amines) is 1. The Bertz CT molecular complexity index is 248. The summed E-state index contributed by atoms with van der Waals surface area (Å²) < 4.78 is 0. The van der Waals surface area contributed by atoms with Crippen LogP contribution in [0.25, 0.3) is 0 Å². The van der Waals surface area contributed by atoms with Crippen LogP contribution in [0.2, 0.25) is 0 Å². The molecule has 0 aromatic carbocycles. The Labute approximate surface area is 105 Å². The average molecular weight is 241 g/mol. The van der Waals surface area contributed by atoms with Gasteiger partial charge in [-0.2, -0.15) is 0 Å². The van der Waals surface area contributed by atoms with Gasteiger partial charge in [-0.15, -0.1) is 0 Å². The number of carbonyl (C=O) groups is 1. The molecular weight excluding hydrogens is 214 g/mol. The summed E-state index contributed by atoms with van der Waals surface area (Å²) in [6, 6.07) is 0. The maximum Gasteiger partial charge on any atom is 0.233 e. The standard InChI is InChI=1S/C13H27N3O/c1-5-16-7-6-11(10-16)8-14-12(17)9-15-13(2,3)4/h11,15H,5-10H2,1-4H3,(H,14,17). The lowest BCUT2D eigenvalue weighted by Gasteiger charge is -2.20. The second-order valence-corrected chi connectivity index (χ2v) is 5.96. The minimum absolute atomic E-state index is 0.00368. The zero-order valence-corrected chi connectivity index (χ0v) is 11.7. The average Bonchev–Trinajstić information content (AvgIpc) is 2.70. The highest BCUT2D eigenvalue weighted by atomic mass is 16.1. The fourth-order valence-corrected chi connectivity index (χ4v) is 2.03. The van der Waals surface area contributed by atoms with Gasteiger partial charge in [0.1, 0.15) is 0 Å². The number of hydrogen-bond acceptors (Lipinski definition) is 3. The second-order valence-electron chi connectivity index (χ2n) is 5.96. The molecule has 1 saturated heterocycles. The third kappa shape index (κ3) is 6.03. The van der Waals surface area contributed by atoms with Crippen LogP contribution >= 0.6 is 0 Å². The number of carbonyl (C=O) groups excluding carboxylic acids is 1. The summed E-state index contributed by atoms with van der Waals surface area (Å²) in [5, 5.41) is 6.21. The molecule has 17 heavy (non-hydrogen) atoms. The van der Waals surface area contributed by atoms with E-state index in [0.29, 0.717) is 12.5 Å².